The predicted molar refractivity (Wildman–Crippen MR) is 152 cm³/mol. The van der Waals surface area contributed by atoms with E-state index < -0.39 is 0 Å². The zero-order valence-electron chi connectivity index (χ0n) is 21.2. The van der Waals surface area contributed by atoms with Gasteiger partial charge in [-0.1, -0.05) is 92.3 Å². The fourth-order valence-electron chi connectivity index (χ4n) is 4.50. The molecule has 1 amide bonds. The molecule has 5 rings (SSSR count). The van der Waals surface area contributed by atoms with E-state index in [2.05, 4.69) is 71.8 Å². The summed E-state index contributed by atoms with van der Waals surface area (Å²) in [6.07, 6.45) is 1.74. The predicted octanol–water partition coefficient (Wildman–Crippen LogP) is 6.55. The maximum Gasteiger partial charge on any atom is 0.234 e. The van der Waals surface area contributed by atoms with Crippen LogP contribution in [0, 0.1) is 0 Å². The Balaban J connectivity index is 1.41. The number of nitrogens with one attached hydrogen (secondary N) is 1. The fraction of sp³-hybridized carbons (Fsp3) is 0.200. The second-order valence-corrected chi connectivity index (χ2v) is 9.74. The zero-order valence-corrected chi connectivity index (χ0v) is 22.0. The summed E-state index contributed by atoms with van der Waals surface area (Å²) in [5, 5.41) is 13.8. The number of para-hydroxylation sites is 2. The van der Waals surface area contributed by atoms with Crippen LogP contribution >= 0.6 is 11.8 Å². The summed E-state index contributed by atoms with van der Waals surface area (Å²) in [7, 11) is 1.94. The van der Waals surface area contributed by atoms with E-state index in [0.717, 1.165) is 63.2 Å². The molecule has 0 fully saturated rings. The number of anilines is 1. The Morgan fingerprint density at radius 3 is 2.32 bits per heavy atom. The molecule has 0 saturated heterocycles. The molecule has 0 bridgehead atoms. The van der Waals surface area contributed by atoms with Gasteiger partial charge in [-0.25, -0.2) is 4.98 Å². The Kier molecular flexibility index (Phi) is 7.32. The molecule has 3 aromatic carbocycles. The highest BCUT2D eigenvalue weighted by atomic mass is 32.2. The van der Waals surface area contributed by atoms with E-state index in [1.165, 1.54) is 11.8 Å². The lowest BCUT2D eigenvalue weighted by molar-refractivity contribution is -0.113. The van der Waals surface area contributed by atoms with Crippen molar-refractivity contribution >= 4 is 34.3 Å². The van der Waals surface area contributed by atoms with Gasteiger partial charge in [0.1, 0.15) is 0 Å². The molecule has 7 heteroatoms. The third-order valence-corrected chi connectivity index (χ3v) is 7.48. The minimum Gasteiger partial charge on any atom is -0.325 e. The van der Waals surface area contributed by atoms with Gasteiger partial charge in [0.25, 0.3) is 0 Å². The summed E-state index contributed by atoms with van der Waals surface area (Å²) in [5.74, 6) is 0.939. The van der Waals surface area contributed by atoms with Crippen molar-refractivity contribution < 1.29 is 4.79 Å². The van der Waals surface area contributed by atoms with Crippen LogP contribution in [0.2, 0.25) is 0 Å². The monoisotopic (exact) mass is 507 g/mol. The van der Waals surface area contributed by atoms with E-state index in [-0.39, 0.29) is 11.7 Å². The topological polar surface area (TPSA) is 72.7 Å². The average molecular weight is 508 g/mol. The van der Waals surface area contributed by atoms with E-state index in [9.17, 15) is 4.79 Å². The van der Waals surface area contributed by atoms with Crippen molar-refractivity contribution in [3.8, 4) is 22.6 Å². The summed E-state index contributed by atoms with van der Waals surface area (Å²) in [6, 6.07) is 26.4. The lowest BCUT2D eigenvalue weighted by Gasteiger charge is -2.14. The standard InChI is InChI=1S/C30H29N5OS/c1-4-20-14-11-15-21(5-2)28(20)32-27(36)19-37-30-34-33-29(35(30)3)24-18-26(22-12-7-6-8-13-22)31-25-17-10-9-16-23(24)25/h6-18H,4-5,19H2,1-3H3,(H,32,36). The van der Waals surface area contributed by atoms with Gasteiger partial charge >= 0.3 is 0 Å². The molecule has 2 aromatic heterocycles. The molecule has 186 valence electrons. The van der Waals surface area contributed by atoms with E-state index in [0.29, 0.717) is 5.16 Å². The number of carbonyl (C=O) groups is 1. The number of rotatable bonds is 8. The molecule has 0 aliphatic rings. The second-order valence-electron chi connectivity index (χ2n) is 8.80. The van der Waals surface area contributed by atoms with Crippen LogP contribution in [0.1, 0.15) is 25.0 Å². The SMILES string of the molecule is CCc1cccc(CC)c1NC(=O)CSc1nnc(-c2cc(-c3ccccc3)nc3ccccc23)n1C. The molecule has 0 aliphatic carbocycles. The second kappa shape index (κ2) is 11.0. The molecule has 0 aliphatic heterocycles. The Hall–Kier alpha value is -3.97. The van der Waals surface area contributed by atoms with Crippen molar-refractivity contribution in [2.24, 2.45) is 7.05 Å². The third-order valence-electron chi connectivity index (χ3n) is 6.46. The minimum atomic E-state index is -0.0501. The molecule has 37 heavy (non-hydrogen) atoms. The van der Waals surface area contributed by atoms with Crippen molar-refractivity contribution in [2.45, 2.75) is 31.8 Å². The Morgan fingerprint density at radius 1 is 0.892 bits per heavy atom. The summed E-state index contributed by atoms with van der Waals surface area (Å²) < 4.78 is 1.95. The molecule has 2 heterocycles. The van der Waals surface area contributed by atoms with Gasteiger partial charge in [-0.2, -0.15) is 0 Å². The highest BCUT2D eigenvalue weighted by molar-refractivity contribution is 7.99. The Labute approximate surface area is 221 Å². The van der Waals surface area contributed by atoms with Crippen LogP contribution in [0.15, 0.2) is 84.0 Å². The van der Waals surface area contributed by atoms with Crippen LogP contribution in [-0.2, 0) is 24.7 Å². The van der Waals surface area contributed by atoms with Crippen LogP contribution in [0.4, 0.5) is 5.69 Å². The molecular weight excluding hydrogens is 478 g/mol. The van der Waals surface area contributed by atoms with Gasteiger partial charge in [0.15, 0.2) is 11.0 Å². The van der Waals surface area contributed by atoms with Gasteiger partial charge in [-0.15, -0.1) is 10.2 Å². The number of thioether (sulfide) groups is 1. The maximum absolute atomic E-state index is 12.9. The van der Waals surface area contributed by atoms with Crippen LogP contribution in [0.5, 0.6) is 0 Å². The molecule has 6 nitrogen and oxygen atoms in total. The summed E-state index contributed by atoms with van der Waals surface area (Å²) in [5.41, 5.74) is 7.02. The number of amides is 1. The van der Waals surface area contributed by atoms with Gasteiger partial charge in [0.05, 0.1) is 17.0 Å². The Bertz CT molecular complexity index is 1540. The van der Waals surface area contributed by atoms with E-state index >= 15 is 0 Å². The van der Waals surface area contributed by atoms with Gasteiger partial charge in [0.2, 0.25) is 5.91 Å². The molecule has 1 N–H and O–H groups in total. The molecule has 0 radical (unpaired) electrons. The van der Waals surface area contributed by atoms with Gasteiger partial charge < -0.3 is 9.88 Å². The molecular formula is C30H29N5OS. The summed E-state index contributed by atoms with van der Waals surface area (Å²) in [4.78, 5) is 17.8. The van der Waals surface area contributed by atoms with Crippen molar-refractivity contribution in [2.75, 3.05) is 11.1 Å². The van der Waals surface area contributed by atoms with Crippen LogP contribution in [0.25, 0.3) is 33.5 Å². The number of hydrogen-bond donors (Lipinski definition) is 1. The first-order valence-corrected chi connectivity index (χ1v) is 13.5. The Morgan fingerprint density at radius 2 is 1.59 bits per heavy atom. The number of aryl methyl sites for hydroxylation is 2. The van der Waals surface area contributed by atoms with Crippen molar-refractivity contribution in [1.29, 1.82) is 0 Å². The number of hydrogen-bond acceptors (Lipinski definition) is 5. The van der Waals surface area contributed by atoms with E-state index in [1.807, 2.05) is 48.0 Å². The third kappa shape index (κ3) is 5.13. The smallest absolute Gasteiger partial charge is 0.234 e. The van der Waals surface area contributed by atoms with Crippen molar-refractivity contribution in [3.05, 3.63) is 90.0 Å². The first-order valence-electron chi connectivity index (χ1n) is 12.5. The number of benzene rings is 3. The highest BCUT2D eigenvalue weighted by Crippen LogP contribution is 2.32. The quantitative estimate of drug-likeness (QED) is 0.241. The largest absolute Gasteiger partial charge is 0.325 e. The normalized spacial score (nSPS) is 11.1. The molecule has 0 spiro atoms. The number of aromatic nitrogens is 4. The van der Waals surface area contributed by atoms with Gasteiger partial charge in [-0.05, 0) is 36.1 Å². The molecule has 0 unspecified atom stereocenters. The van der Waals surface area contributed by atoms with Gasteiger partial charge in [0, 0.05) is 29.2 Å². The van der Waals surface area contributed by atoms with E-state index in [1.54, 1.807) is 0 Å². The van der Waals surface area contributed by atoms with Gasteiger partial charge in [-0.3, -0.25) is 4.79 Å². The molecule has 0 atom stereocenters. The van der Waals surface area contributed by atoms with Crippen LogP contribution in [-0.4, -0.2) is 31.4 Å². The maximum atomic E-state index is 12.9. The zero-order chi connectivity index (χ0) is 25.8. The highest BCUT2D eigenvalue weighted by Gasteiger charge is 2.18. The first kappa shape index (κ1) is 24.7. The van der Waals surface area contributed by atoms with Crippen LogP contribution in [0.3, 0.4) is 0 Å². The molecule has 5 aromatic rings. The van der Waals surface area contributed by atoms with Crippen LogP contribution < -0.4 is 5.32 Å². The number of carbonyl (C=O) groups excluding carboxylic acids is 1. The van der Waals surface area contributed by atoms with Crippen molar-refractivity contribution in [3.63, 3.8) is 0 Å². The van der Waals surface area contributed by atoms with Crippen molar-refractivity contribution in [1.82, 2.24) is 19.7 Å². The fourth-order valence-corrected chi connectivity index (χ4v) is 5.21. The number of pyridine rings is 1. The first-order chi connectivity index (χ1) is 18.1. The lowest BCUT2D eigenvalue weighted by atomic mass is 10.0. The number of nitrogens with zero attached hydrogens (tertiary/aromatic N) is 4. The molecule has 0 saturated carbocycles. The lowest BCUT2D eigenvalue weighted by Crippen LogP contribution is -2.17. The summed E-state index contributed by atoms with van der Waals surface area (Å²) in [6.45, 7) is 4.21. The average Bonchev–Trinajstić information content (AvgIpc) is 3.31. The number of fused-ring (bicyclic) bond motifs is 1. The van der Waals surface area contributed by atoms with E-state index in [4.69, 9.17) is 4.98 Å². The minimum absolute atomic E-state index is 0.0501. The summed E-state index contributed by atoms with van der Waals surface area (Å²) >= 11 is 1.38.